The van der Waals surface area contributed by atoms with Gasteiger partial charge in [0.2, 0.25) is 5.82 Å². The molecule has 9 nitrogen and oxygen atoms in total. The Hall–Kier alpha value is -1.94. The van der Waals surface area contributed by atoms with Gasteiger partial charge in [-0.15, -0.1) is 0 Å². The van der Waals surface area contributed by atoms with Crippen LogP contribution in [0.25, 0.3) is 6.08 Å². The van der Waals surface area contributed by atoms with Crippen molar-refractivity contribution in [1.82, 2.24) is 14.5 Å². The topological polar surface area (TPSA) is 108 Å². The molecular weight excluding hydrogens is 288 g/mol. The Morgan fingerprint density at radius 3 is 2.70 bits per heavy atom. The molecular formula is C10H16N4O5S. The molecule has 0 spiro atoms. The lowest BCUT2D eigenvalue weighted by molar-refractivity contribution is -0.392. The third-order valence-electron chi connectivity index (χ3n) is 2.19. The summed E-state index contributed by atoms with van der Waals surface area (Å²) in [4.78, 5) is 16.0. The van der Waals surface area contributed by atoms with Gasteiger partial charge in [-0.05, 0) is 4.92 Å². The smallest absolute Gasteiger partial charge is 0.343 e. The monoisotopic (exact) mass is 304 g/mol. The Balaban J connectivity index is 2.94. The van der Waals surface area contributed by atoms with Crippen LogP contribution in [0.2, 0.25) is 0 Å². The summed E-state index contributed by atoms with van der Waals surface area (Å²) in [6, 6.07) is 0. The summed E-state index contributed by atoms with van der Waals surface area (Å²) >= 11 is 0. The van der Waals surface area contributed by atoms with Crippen LogP contribution in [-0.4, -0.2) is 54.8 Å². The Labute approximate surface area is 116 Å². The highest BCUT2D eigenvalue weighted by atomic mass is 32.2. The normalized spacial score (nSPS) is 11.9. The second kappa shape index (κ2) is 6.48. The van der Waals surface area contributed by atoms with Gasteiger partial charge in [-0.1, -0.05) is 0 Å². The average Bonchev–Trinajstić information content (AvgIpc) is 2.68. The van der Waals surface area contributed by atoms with E-state index in [0.29, 0.717) is 5.82 Å². The Morgan fingerprint density at radius 1 is 1.55 bits per heavy atom. The quantitative estimate of drug-likeness (QED) is 0.405. The van der Waals surface area contributed by atoms with E-state index in [0.717, 1.165) is 12.5 Å². The molecule has 0 aliphatic rings. The van der Waals surface area contributed by atoms with Gasteiger partial charge in [-0.2, -0.15) is 8.42 Å². The van der Waals surface area contributed by atoms with Crippen molar-refractivity contribution in [3.63, 3.8) is 0 Å². The standard InChI is InChI=1S/C10H16N4O5S/c1-12(2)5-4-9-11-8-10(14(15)16)13(9)6-7-19-20(3,17)18/h4-5,8H,6-7H2,1-3H3/b5-4+. The molecule has 0 radical (unpaired) electrons. The van der Waals surface area contributed by atoms with E-state index in [1.54, 1.807) is 31.3 Å². The fourth-order valence-corrected chi connectivity index (χ4v) is 1.76. The first-order chi connectivity index (χ1) is 9.20. The van der Waals surface area contributed by atoms with Crippen LogP contribution in [0, 0.1) is 10.1 Å². The van der Waals surface area contributed by atoms with Crippen molar-refractivity contribution in [1.29, 1.82) is 0 Å². The molecule has 0 saturated carbocycles. The van der Waals surface area contributed by atoms with E-state index >= 15 is 0 Å². The van der Waals surface area contributed by atoms with E-state index in [1.165, 1.54) is 4.57 Å². The Morgan fingerprint density at radius 2 is 2.20 bits per heavy atom. The molecule has 0 aliphatic heterocycles. The minimum atomic E-state index is -3.58. The molecule has 1 heterocycles. The highest BCUT2D eigenvalue weighted by molar-refractivity contribution is 7.85. The Bertz CT molecular complexity index is 605. The molecule has 0 saturated heterocycles. The zero-order valence-corrected chi connectivity index (χ0v) is 12.2. The van der Waals surface area contributed by atoms with Crippen LogP contribution >= 0.6 is 0 Å². The number of hydrogen-bond donors (Lipinski definition) is 0. The lowest BCUT2D eigenvalue weighted by atomic mass is 10.5. The Kier molecular flexibility index (Phi) is 5.22. The van der Waals surface area contributed by atoms with Gasteiger partial charge in [-0.25, -0.2) is 9.55 Å². The molecule has 10 heteroatoms. The zero-order chi connectivity index (χ0) is 15.3. The van der Waals surface area contributed by atoms with Gasteiger partial charge >= 0.3 is 5.82 Å². The van der Waals surface area contributed by atoms with Gasteiger partial charge < -0.3 is 15.0 Å². The SMILES string of the molecule is CN(C)/C=C/c1ncc([N+](=O)[O-])n1CCOS(C)(=O)=O. The molecule has 1 rings (SSSR count). The van der Waals surface area contributed by atoms with Gasteiger partial charge in [0.15, 0.2) is 0 Å². The van der Waals surface area contributed by atoms with Gasteiger partial charge in [0, 0.05) is 26.4 Å². The van der Waals surface area contributed by atoms with E-state index in [1.807, 2.05) is 0 Å². The van der Waals surface area contributed by atoms with Crippen LogP contribution in [0.15, 0.2) is 12.4 Å². The van der Waals surface area contributed by atoms with E-state index in [4.69, 9.17) is 0 Å². The first-order valence-corrected chi connectivity index (χ1v) is 7.41. The van der Waals surface area contributed by atoms with Crippen LogP contribution in [0.1, 0.15) is 5.82 Å². The molecule has 0 aliphatic carbocycles. The van der Waals surface area contributed by atoms with E-state index in [2.05, 4.69) is 9.17 Å². The number of aromatic nitrogens is 2. The van der Waals surface area contributed by atoms with Crippen LogP contribution in [-0.2, 0) is 20.8 Å². The van der Waals surface area contributed by atoms with Crippen molar-refractivity contribution in [2.24, 2.45) is 0 Å². The lowest BCUT2D eigenvalue weighted by Crippen LogP contribution is -2.13. The van der Waals surface area contributed by atoms with E-state index < -0.39 is 15.0 Å². The van der Waals surface area contributed by atoms with Crippen LogP contribution in [0.3, 0.4) is 0 Å². The van der Waals surface area contributed by atoms with Crippen molar-refractivity contribution < 1.29 is 17.5 Å². The molecule has 0 amide bonds. The molecule has 0 aromatic carbocycles. The molecule has 0 N–H and O–H groups in total. The maximum absolute atomic E-state index is 10.9. The van der Waals surface area contributed by atoms with Crippen molar-refractivity contribution in [3.05, 3.63) is 28.3 Å². The molecule has 20 heavy (non-hydrogen) atoms. The van der Waals surface area contributed by atoms with Crippen molar-refractivity contribution in [2.45, 2.75) is 6.54 Å². The third kappa shape index (κ3) is 4.97. The summed E-state index contributed by atoms with van der Waals surface area (Å²) in [5, 5.41) is 10.9. The summed E-state index contributed by atoms with van der Waals surface area (Å²) < 4.78 is 27.6. The number of imidazole rings is 1. The van der Waals surface area contributed by atoms with Crippen LogP contribution < -0.4 is 0 Å². The minimum Gasteiger partial charge on any atom is -0.383 e. The van der Waals surface area contributed by atoms with Crippen molar-refractivity contribution in [2.75, 3.05) is 27.0 Å². The lowest BCUT2D eigenvalue weighted by Gasteiger charge is -2.05. The maximum Gasteiger partial charge on any atom is 0.343 e. The van der Waals surface area contributed by atoms with E-state index in [-0.39, 0.29) is 19.0 Å². The molecule has 0 atom stereocenters. The summed E-state index contributed by atoms with van der Waals surface area (Å²) in [7, 11) is 0.0143. The molecule has 0 unspecified atom stereocenters. The summed E-state index contributed by atoms with van der Waals surface area (Å²) in [6.45, 7) is -0.185. The number of hydrogen-bond acceptors (Lipinski definition) is 7. The first kappa shape index (κ1) is 16.1. The maximum atomic E-state index is 10.9. The summed E-state index contributed by atoms with van der Waals surface area (Å²) in [6.07, 6.45) is 5.31. The van der Waals surface area contributed by atoms with Gasteiger partial charge in [0.05, 0.1) is 6.26 Å². The third-order valence-corrected chi connectivity index (χ3v) is 2.78. The van der Waals surface area contributed by atoms with E-state index in [9.17, 15) is 18.5 Å². The average molecular weight is 304 g/mol. The summed E-state index contributed by atoms with van der Waals surface area (Å²) in [5.41, 5.74) is 0. The van der Waals surface area contributed by atoms with Gasteiger partial charge in [0.25, 0.3) is 10.1 Å². The zero-order valence-electron chi connectivity index (χ0n) is 11.4. The number of rotatable bonds is 7. The van der Waals surface area contributed by atoms with Crippen molar-refractivity contribution in [3.8, 4) is 0 Å². The van der Waals surface area contributed by atoms with Crippen LogP contribution in [0.4, 0.5) is 5.82 Å². The van der Waals surface area contributed by atoms with Crippen LogP contribution in [0.5, 0.6) is 0 Å². The highest BCUT2D eigenvalue weighted by Crippen LogP contribution is 2.15. The number of nitrogens with zero attached hydrogens (tertiary/aromatic N) is 4. The second-order valence-corrected chi connectivity index (χ2v) is 5.83. The predicted molar refractivity (Wildman–Crippen MR) is 72.4 cm³/mol. The highest BCUT2D eigenvalue weighted by Gasteiger charge is 2.19. The first-order valence-electron chi connectivity index (χ1n) is 5.59. The molecule has 1 aromatic rings. The molecule has 1 aromatic heterocycles. The predicted octanol–water partition coefficient (Wildman–Crippen LogP) is 0.300. The second-order valence-electron chi connectivity index (χ2n) is 4.19. The fourth-order valence-electron chi connectivity index (χ4n) is 1.38. The largest absolute Gasteiger partial charge is 0.383 e. The van der Waals surface area contributed by atoms with Gasteiger partial charge in [0.1, 0.15) is 19.3 Å². The molecule has 112 valence electrons. The minimum absolute atomic E-state index is 0.0104. The van der Waals surface area contributed by atoms with Gasteiger partial charge in [-0.3, -0.25) is 4.18 Å². The van der Waals surface area contributed by atoms with Crippen molar-refractivity contribution >= 4 is 22.0 Å². The fraction of sp³-hybridized carbons (Fsp3) is 0.500. The molecule has 0 fully saturated rings. The number of nitro groups is 1. The summed E-state index contributed by atoms with van der Waals surface area (Å²) in [5.74, 6) is 0.128. The molecule has 0 bridgehead atoms.